The lowest BCUT2D eigenvalue weighted by Gasteiger charge is -2.14. The van der Waals surface area contributed by atoms with Crippen LogP contribution in [0.4, 0.5) is 0 Å². The SMILES string of the molecule is CNCCN(C)Cc1occc1Br. The number of hydrogen-bond donors (Lipinski definition) is 1. The first-order valence-corrected chi connectivity index (χ1v) is 5.08. The van der Waals surface area contributed by atoms with Crippen molar-refractivity contribution in [2.75, 3.05) is 27.2 Å². The number of furan rings is 1. The fraction of sp³-hybridized carbons (Fsp3) is 0.556. The summed E-state index contributed by atoms with van der Waals surface area (Å²) in [4.78, 5) is 2.21. The van der Waals surface area contributed by atoms with Gasteiger partial charge in [0.25, 0.3) is 0 Å². The summed E-state index contributed by atoms with van der Waals surface area (Å²) in [7, 11) is 4.03. The van der Waals surface area contributed by atoms with Crippen LogP contribution in [0.15, 0.2) is 21.2 Å². The number of nitrogens with zero attached hydrogens (tertiary/aromatic N) is 1. The van der Waals surface area contributed by atoms with E-state index in [0.717, 1.165) is 29.9 Å². The summed E-state index contributed by atoms with van der Waals surface area (Å²) in [5.74, 6) is 0.985. The lowest BCUT2D eigenvalue weighted by Crippen LogP contribution is -2.26. The smallest absolute Gasteiger partial charge is 0.131 e. The highest BCUT2D eigenvalue weighted by Crippen LogP contribution is 2.18. The Morgan fingerprint density at radius 2 is 2.38 bits per heavy atom. The third kappa shape index (κ3) is 3.50. The molecule has 13 heavy (non-hydrogen) atoms. The molecular formula is C9H15BrN2O. The van der Waals surface area contributed by atoms with Gasteiger partial charge < -0.3 is 9.73 Å². The third-order valence-corrected chi connectivity index (χ3v) is 2.55. The molecule has 0 aliphatic rings. The molecular weight excluding hydrogens is 232 g/mol. The maximum absolute atomic E-state index is 5.31. The van der Waals surface area contributed by atoms with Crippen LogP contribution in [-0.2, 0) is 6.54 Å². The monoisotopic (exact) mass is 246 g/mol. The van der Waals surface area contributed by atoms with Crippen LogP contribution in [0.1, 0.15) is 5.76 Å². The van der Waals surface area contributed by atoms with E-state index in [1.165, 1.54) is 0 Å². The molecule has 0 radical (unpaired) electrons. The molecule has 0 unspecified atom stereocenters. The molecule has 1 rings (SSSR count). The van der Waals surface area contributed by atoms with E-state index in [9.17, 15) is 0 Å². The van der Waals surface area contributed by atoms with Crippen LogP contribution < -0.4 is 5.32 Å². The average Bonchev–Trinajstić information content (AvgIpc) is 2.48. The molecule has 0 saturated carbocycles. The molecule has 74 valence electrons. The molecule has 0 aliphatic heterocycles. The van der Waals surface area contributed by atoms with Crippen LogP contribution in [0.5, 0.6) is 0 Å². The maximum atomic E-state index is 5.31. The van der Waals surface area contributed by atoms with Gasteiger partial charge in [0.15, 0.2) is 0 Å². The molecule has 0 fully saturated rings. The Kier molecular flexibility index (Phi) is 4.48. The summed E-state index contributed by atoms with van der Waals surface area (Å²) in [5, 5.41) is 3.11. The highest BCUT2D eigenvalue weighted by molar-refractivity contribution is 9.10. The molecule has 1 aromatic rings. The quantitative estimate of drug-likeness (QED) is 0.858. The van der Waals surface area contributed by atoms with E-state index in [4.69, 9.17) is 4.42 Å². The first kappa shape index (κ1) is 10.8. The van der Waals surface area contributed by atoms with Crippen molar-refractivity contribution in [1.82, 2.24) is 10.2 Å². The number of halogens is 1. The second-order valence-corrected chi connectivity index (χ2v) is 3.89. The van der Waals surface area contributed by atoms with Crippen molar-refractivity contribution in [3.8, 4) is 0 Å². The van der Waals surface area contributed by atoms with E-state index in [0.29, 0.717) is 0 Å². The average molecular weight is 247 g/mol. The first-order valence-electron chi connectivity index (χ1n) is 4.29. The van der Waals surface area contributed by atoms with Crippen molar-refractivity contribution in [3.63, 3.8) is 0 Å². The number of nitrogens with one attached hydrogen (secondary N) is 1. The van der Waals surface area contributed by atoms with Crippen molar-refractivity contribution in [3.05, 3.63) is 22.6 Å². The minimum absolute atomic E-state index is 0.843. The van der Waals surface area contributed by atoms with E-state index < -0.39 is 0 Å². The molecule has 1 N–H and O–H groups in total. The predicted molar refractivity (Wildman–Crippen MR) is 56.7 cm³/mol. The van der Waals surface area contributed by atoms with Crippen molar-refractivity contribution >= 4 is 15.9 Å². The fourth-order valence-electron chi connectivity index (χ4n) is 1.06. The normalized spacial score (nSPS) is 11.1. The van der Waals surface area contributed by atoms with E-state index in [1.807, 2.05) is 13.1 Å². The zero-order valence-electron chi connectivity index (χ0n) is 8.01. The van der Waals surface area contributed by atoms with Crippen LogP contribution in [-0.4, -0.2) is 32.1 Å². The van der Waals surface area contributed by atoms with Crippen LogP contribution in [0.3, 0.4) is 0 Å². The standard InChI is InChI=1S/C9H15BrN2O/c1-11-4-5-12(2)7-9-8(10)3-6-13-9/h3,6,11H,4-5,7H2,1-2H3. The fourth-order valence-corrected chi connectivity index (χ4v) is 1.39. The van der Waals surface area contributed by atoms with Gasteiger partial charge in [-0.3, -0.25) is 4.90 Å². The molecule has 0 atom stereocenters. The lowest BCUT2D eigenvalue weighted by atomic mass is 10.4. The molecule has 1 heterocycles. The largest absolute Gasteiger partial charge is 0.467 e. The molecule has 4 heteroatoms. The van der Waals surface area contributed by atoms with Gasteiger partial charge in [-0.1, -0.05) is 0 Å². The number of likely N-dealkylation sites (N-methyl/N-ethyl adjacent to an activating group) is 2. The van der Waals surface area contributed by atoms with Crippen molar-refractivity contribution in [2.24, 2.45) is 0 Å². The third-order valence-electron chi connectivity index (χ3n) is 1.85. The van der Waals surface area contributed by atoms with Crippen LogP contribution >= 0.6 is 15.9 Å². The minimum atomic E-state index is 0.843. The van der Waals surface area contributed by atoms with Crippen LogP contribution in [0.2, 0.25) is 0 Å². The van der Waals surface area contributed by atoms with E-state index in [-0.39, 0.29) is 0 Å². The molecule has 0 bridgehead atoms. The summed E-state index contributed by atoms with van der Waals surface area (Å²) in [6.45, 7) is 2.85. The Bertz CT molecular complexity index is 250. The second-order valence-electron chi connectivity index (χ2n) is 3.03. The Morgan fingerprint density at radius 1 is 1.62 bits per heavy atom. The van der Waals surface area contributed by atoms with Crippen molar-refractivity contribution in [1.29, 1.82) is 0 Å². The summed E-state index contributed by atoms with van der Waals surface area (Å²) >= 11 is 3.43. The first-order chi connectivity index (χ1) is 6.24. The van der Waals surface area contributed by atoms with Gasteiger partial charge in [-0.2, -0.15) is 0 Å². The molecule has 3 nitrogen and oxygen atoms in total. The van der Waals surface area contributed by atoms with Crippen molar-refractivity contribution < 1.29 is 4.42 Å². The number of hydrogen-bond acceptors (Lipinski definition) is 3. The van der Waals surface area contributed by atoms with E-state index in [2.05, 4.69) is 33.2 Å². The van der Waals surface area contributed by atoms with E-state index in [1.54, 1.807) is 6.26 Å². The van der Waals surface area contributed by atoms with Crippen molar-refractivity contribution in [2.45, 2.75) is 6.54 Å². The highest BCUT2D eigenvalue weighted by atomic mass is 79.9. The second kappa shape index (κ2) is 5.42. The van der Waals surface area contributed by atoms with Gasteiger partial charge >= 0.3 is 0 Å². The Labute approximate surface area is 87.2 Å². The van der Waals surface area contributed by atoms with Gasteiger partial charge in [0.2, 0.25) is 0 Å². The maximum Gasteiger partial charge on any atom is 0.131 e. The zero-order chi connectivity index (χ0) is 9.68. The van der Waals surface area contributed by atoms with Gasteiger partial charge in [0, 0.05) is 13.1 Å². The van der Waals surface area contributed by atoms with E-state index >= 15 is 0 Å². The summed E-state index contributed by atoms with van der Waals surface area (Å²) < 4.78 is 6.35. The lowest BCUT2D eigenvalue weighted by molar-refractivity contribution is 0.295. The topological polar surface area (TPSA) is 28.4 Å². The number of rotatable bonds is 5. The molecule has 0 saturated heterocycles. The Morgan fingerprint density at radius 3 is 2.92 bits per heavy atom. The van der Waals surface area contributed by atoms with Crippen LogP contribution in [0, 0.1) is 0 Å². The Hall–Kier alpha value is -0.320. The summed E-state index contributed by atoms with van der Waals surface area (Å²) in [6.07, 6.45) is 1.70. The predicted octanol–water partition coefficient (Wildman–Crippen LogP) is 1.69. The van der Waals surface area contributed by atoms with Gasteiger partial charge in [-0.05, 0) is 36.1 Å². The molecule has 1 aromatic heterocycles. The minimum Gasteiger partial charge on any atom is -0.467 e. The molecule has 0 spiro atoms. The highest BCUT2D eigenvalue weighted by Gasteiger charge is 2.06. The molecule has 0 amide bonds. The van der Waals surface area contributed by atoms with Gasteiger partial charge in [-0.25, -0.2) is 0 Å². The van der Waals surface area contributed by atoms with Crippen LogP contribution in [0.25, 0.3) is 0 Å². The molecule has 0 aliphatic carbocycles. The summed E-state index contributed by atoms with van der Waals surface area (Å²) in [5.41, 5.74) is 0. The zero-order valence-corrected chi connectivity index (χ0v) is 9.60. The van der Waals surface area contributed by atoms with Gasteiger partial charge in [0.1, 0.15) is 5.76 Å². The summed E-state index contributed by atoms with van der Waals surface area (Å²) in [6, 6.07) is 1.92. The molecule has 0 aromatic carbocycles. The Balaban J connectivity index is 2.36. The van der Waals surface area contributed by atoms with Gasteiger partial charge in [0.05, 0.1) is 17.3 Å². The van der Waals surface area contributed by atoms with Gasteiger partial charge in [-0.15, -0.1) is 0 Å².